The fourth-order valence-electron chi connectivity index (χ4n) is 3.30. The summed E-state index contributed by atoms with van der Waals surface area (Å²) in [7, 11) is 0. The van der Waals surface area contributed by atoms with E-state index in [4.69, 9.17) is 4.52 Å². The zero-order valence-electron chi connectivity index (χ0n) is 16.9. The van der Waals surface area contributed by atoms with Crippen LogP contribution in [0.4, 0.5) is 4.79 Å². The van der Waals surface area contributed by atoms with E-state index in [2.05, 4.69) is 25.8 Å². The largest absolute Gasteiger partial charge is 0.356 e. The molecule has 9 heteroatoms. The number of carbonyl (C=O) groups excluding carboxylic acids is 2. The van der Waals surface area contributed by atoms with Gasteiger partial charge in [-0.3, -0.25) is 9.78 Å². The van der Waals surface area contributed by atoms with Gasteiger partial charge in [0.25, 0.3) is 0 Å². The highest BCUT2D eigenvalue weighted by Gasteiger charge is 2.23. The van der Waals surface area contributed by atoms with Gasteiger partial charge in [-0.05, 0) is 45.2 Å². The predicted molar refractivity (Wildman–Crippen MR) is 107 cm³/mol. The van der Waals surface area contributed by atoms with Crippen molar-refractivity contribution in [2.45, 2.75) is 51.5 Å². The van der Waals surface area contributed by atoms with Gasteiger partial charge in [0, 0.05) is 56.0 Å². The molecular weight excluding hydrogens is 372 g/mol. The SMILES string of the molecule is CC(C)NC(=O)N1CCCC(c2nc(-c3cccnc3)no2)CCNC(=O)CC1. The maximum Gasteiger partial charge on any atom is 0.317 e. The minimum atomic E-state index is -0.139. The summed E-state index contributed by atoms with van der Waals surface area (Å²) < 4.78 is 5.52. The summed E-state index contributed by atoms with van der Waals surface area (Å²) in [5.74, 6) is 1.01. The lowest BCUT2D eigenvalue weighted by Crippen LogP contribution is -2.44. The van der Waals surface area contributed by atoms with Crippen LogP contribution in [0, 0.1) is 0 Å². The minimum absolute atomic E-state index is 0.0151. The van der Waals surface area contributed by atoms with Crippen molar-refractivity contribution in [1.82, 2.24) is 30.7 Å². The van der Waals surface area contributed by atoms with Crippen molar-refractivity contribution >= 4 is 11.9 Å². The van der Waals surface area contributed by atoms with Crippen LogP contribution in [-0.4, -0.2) is 57.6 Å². The van der Waals surface area contributed by atoms with Crippen LogP contribution in [0.1, 0.15) is 51.3 Å². The minimum Gasteiger partial charge on any atom is -0.356 e. The van der Waals surface area contributed by atoms with Crippen LogP contribution in [0.5, 0.6) is 0 Å². The highest BCUT2D eigenvalue weighted by atomic mass is 16.5. The molecule has 9 nitrogen and oxygen atoms in total. The Kier molecular flexibility index (Phi) is 7.15. The van der Waals surface area contributed by atoms with Gasteiger partial charge < -0.3 is 20.1 Å². The monoisotopic (exact) mass is 400 g/mol. The van der Waals surface area contributed by atoms with Crippen LogP contribution in [0.15, 0.2) is 29.0 Å². The fraction of sp³-hybridized carbons (Fsp3) is 0.550. The molecule has 2 aromatic heterocycles. The number of aromatic nitrogens is 3. The summed E-state index contributed by atoms with van der Waals surface area (Å²) in [6.45, 7) is 5.35. The van der Waals surface area contributed by atoms with E-state index < -0.39 is 0 Å². The molecule has 0 radical (unpaired) electrons. The second-order valence-corrected chi connectivity index (χ2v) is 7.52. The van der Waals surface area contributed by atoms with Crippen LogP contribution in [0.3, 0.4) is 0 Å². The third-order valence-electron chi connectivity index (χ3n) is 4.81. The molecule has 1 fully saturated rings. The lowest BCUT2D eigenvalue weighted by molar-refractivity contribution is -0.121. The number of hydrogen-bond donors (Lipinski definition) is 2. The Hall–Kier alpha value is -2.97. The molecule has 0 spiro atoms. The van der Waals surface area contributed by atoms with E-state index in [1.54, 1.807) is 17.3 Å². The summed E-state index contributed by atoms with van der Waals surface area (Å²) in [5.41, 5.74) is 0.795. The summed E-state index contributed by atoms with van der Waals surface area (Å²) in [6.07, 6.45) is 5.96. The molecule has 1 unspecified atom stereocenters. The van der Waals surface area contributed by atoms with Crippen molar-refractivity contribution in [3.8, 4) is 11.4 Å². The summed E-state index contributed by atoms with van der Waals surface area (Å²) in [6, 6.07) is 3.61. The maximum absolute atomic E-state index is 12.4. The number of amides is 3. The van der Waals surface area contributed by atoms with E-state index in [-0.39, 0.29) is 23.9 Å². The number of nitrogens with zero attached hydrogens (tertiary/aromatic N) is 4. The van der Waals surface area contributed by atoms with Gasteiger partial charge in [0.05, 0.1) is 0 Å². The zero-order chi connectivity index (χ0) is 20.6. The Balaban J connectivity index is 1.69. The predicted octanol–water partition coefficient (Wildman–Crippen LogP) is 2.33. The molecule has 0 saturated carbocycles. The van der Waals surface area contributed by atoms with Crippen LogP contribution in [0.2, 0.25) is 0 Å². The standard InChI is InChI=1S/C20H28N6O3/c1-14(2)23-20(28)26-11-4-6-15(7-10-22-17(27)8-12-26)19-24-18(25-29-19)16-5-3-9-21-13-16/h3,5,9,13-15H,4,6-8,10-12H2,1-2H3,(H,22,27)(H,23,28). The third-order valence-corrected chi connectivity index (χ3v) is 4.81. The Morgan fingerprint density at radius 3 is 2.97 bits per heavy atom. The first-order chi connectivity index (χ1) is 14.0. The van der Waals surface area contributed by atoms with Gasteiger partial charge in [-0.25, -0.2) is 4.79 Å². The second-order valence-electron chi connectivity index (χ2n) is 7.52. The average Bonchev–Trinajstić information content (AvgIpc) is 3.17. The van der Waals surface area contributed by atoms with Crippen LogP contribution >= 0.6 is 0 Å². The van der Waals surface area contributed by atoms with E-state index in [0.29, 0.717) is 44.2 Å². The highest BCUT2D eigenvalue weighted by Crippen LogP contribution is 2.26. The van der Waals surface area contributed by atoms with Crippen LogP contribution in [-0.2, 0) is 4.79 Å². The van der Waals surface area contributed by atoms with E-state index >= 15 is 0 Å². The topological polar surface area (TPSA) is 113 Å². The number of rotatable bonds is 3. The highest BCUT2D eigenvalue weighted by molar-refractivity contribution is 5.78. The smallest absolute Gasteiger partial charge is 0.317 e. The van der Waals surface area contributed by atoms with Crippen molar-refractivity contribution in [2.75, 3.05) is 19.6 Å². The van der Waals surface area contributed by atoms with Gasteiger partial charge in [0.15, 0.2) is 0 Å². The van der Waals surface area contributed by atoms with Gasteiger partial charge in [0.1, 0.15) is 0 Å². The molecule has 2 N–H and O–H groups in total. The van der Waals surface area contributed by atoms with E-state index in [0.717, 1.165) is 18.4 Å². The van der Waals surface area contributed by atoms with Gasteiger partial charge in [-0.1, -0.05) is 5.16 Å². The molecular formula is C20H28N6O3. The number of hydrogen-bond acceptors (Lipinski definition) is 6. The number of carbonyl (C=O) groups is 2. The molecule has 0 bridgehead atoms. The van der Waals surface area contributed by atoms with E-state index in [1.165, 1.54) is 0 Å². The molecule has 3 heterocycles. The molecule has 1 aliphatic rings. The number of pyridine rings is 1. The number of urea groups is 1. The van der Waals surface area contributed by atoms with E-state index in [1.807, 2.05) is 26.0 Å². The molecule has 0 aromatic carbocycles. The Morgan fingerprint density at radius 1 is 1.34 bits per heavy atom. The number of nitrogens with one attached hydrogen (secondary N) is 2. The van der Waals surface area contributed by atoms with E-state index in [9.17, 15) is 9.59 Å². The second kappa shape index (κ2) is 9.99. The summed E-state index contributed by atoms with van der Waals surface area (Å²) >= 11 is 0. The Morgan fingerprint density at radius 2 is 2.21 bits per heavy atom. The Bertz CT molecular complexity index is 808. The molecule has 156 valence electrons. The quantitative estimate of drug-likeness (QED) is 0.817. The molecule has 1 saturated heterocycles. The van der Waals surface area contributed by atoms with Crippen LogP contribution < -0.4 is 10.6 Å². The van der Waals surface area contributed by atoms with Crippen molar-refractivity contribution < 1.29 is 14.1 Å². The maximum atomic E-state index is 12.4. The molecule has 1 aliphatic heterocycles. The molecule has 29 heavy (non-hydrogen) atoms. The summed E-state index contributed by atoms with van der Waals surface area (Å²) in [5, 5.41) is 9.90. The first kappa shape index (κ1) is 20.8. The zero-order valence-corrected chi connectivity index (χ0v) is 16.9. The molecule has 3 amide bonds. The molecule has 2 aromatic rings. The lowest BCUT2D eigenvalue weighted by Gasteiger charge is -2.24. The van der Waals surface area contributed by atoms with Gasteiger partial charge in [0.2, 0.25) is 17.6 Å². The first-order valence-electron chi connectivity index (χ1n) is 10.1. The molecule has 0 aliphatic carbocycles. The average molecular weight is 400 g/mol. The van der Waals surface area contributed by atoms with Crippen molar-refractivity contribution in [3.63, 3.8) is 0 Å². The van der Waals surface area contributed by atoms with Crippen molar-refractivity contribution in [3.05, 3.63) is 30.4 Å². The fourth-order valence-corrected chi connectivity index (χ4v) is 3.30. The normalized spacial score (nSPS) is 18.8. The summed E-state index contributed by atoms with van der Waals surface area (Å²) in [4.78, 5) is 34.9. The third kappa shape index (κ3) is 6.00. The molecule has 3 rings (SSSR count). The Labute approximate surface area is 170 Å². The lowest BCUT2D eigenvalue weighted by atomic mass is 9.99. The van der Waals surface area contributed by atoms with Crippen molar-refractivity contribution in [1.29, 1.82) is 0 Å². The van der Waals surface area contributed by atoms with Crippen LogP contribution in [0.25, 0.3) is 11.4 Å². The van der Waals surface area contributed by atoms with Gasteiger partial charge in [-0.2, -0.15) is 4.98 Å². The van der Waals surface area contributed by atoms with Gasteiger partial charge in [-0.15, -0.1) is 0 Å². The van der Waals surface area contributed by atoms with Crippen molar-refractivity contribution in [2.24, 2.45) is 0 Å². The first-order valence-corrected chi connectivity index (χ1v) is 10.1. The molecule has 1 atom stereocenters. The van der Waals surface area contributed by atoms with Gasteiger partial charge >= 0.3 is 6.03 Å².